The van der Waals surface area contributed by atoms with Gasteiger partial charge in [-0.1, -0.05) is 6.92 Å². The number of pyridine rings is 1. The highest BCUT2D eigenvalue weighted by Crippen LogP contribution is 2.29. The first-order valence-electron chi connectivity index (χ1n) is 6.23. The van der Waals surface area contributed by atoms with Gasteiger partial charge in [0.15, 0.2) is 0 Å². The van der Waals surface area contributed by atoms with Crippen LogP contribution in [0, 0.1) is 0 Å². The molecule has 1 aliphatic rings. The smallest absolute Gasteiger partial charge is 0.251 e. The Morgan fingerprint density at radius 1 is 1.61 bits per heavy atom. The number of nitrogens with one attached hydrogen (secondary N) is 1. The molecule has 1 aliphatic carbocycles. The van der Waals surface area contributed by atoms with E-state index < -0.39 is 0 Å². The molecule has 2 unspecified atom stereocenters. The lowest BCUT2D eigenvalue weighted by molar-refractivity contribution is 0.0938. The maximum Gasteiger partial charge on any atom is 0.251 e. The Kier molecular flexibility index (Phi) is 5.06. The highest BCUT2D eigenvalue weighted by atomic mass is 79.9. The lowest BCUT2D eigenvalue weighted by Gasteiger charge is -2.13. The van der Waals surface area contributed by atoms with Crippen molar-refractivity contribution in [3.8, 4) is 0 Å². The molecule has 5 heteroatoms. The van der Waals surface area contributed by atoms with Crippen molar-refractivity contribution in [2.75, 3.05) is 5.75 Å². The van der Waals surface area contributed by atoms with Crippen molar-refractivity contribution in [2.24, 2.45) is 0 Å². The van der Waals surface area contributed by atoms with Gasteiger partial charge in [-0.15, -0.1) is 0 Å². The molecule has 0 aromatic carbocycles. The Balaban J connectivity index is 1.89. The summed E-state index contributed by atoms with van der Waals surface area (Å²) in [5, 5.41) is 3.82. The molecule has 0 spiro atoms. The zero-order chi connectivity index (χ0) is 13.0. The van der Waals surface area contributed by atoms with E-state index in [1.165, 1.54) is 6.42 Å². The molecular weight excluding hydrogens is 312 g/mol. The summed E-state index contributed by atoms with van der Waals surface area (Å²) in [7, 11) is 0. The summed E-state index contributed by atoms with van der Waals surface area (Å²) < 4.78 is 0.695. The molecule has 18 heavy (non-hydrogen) atoms. The third kappa shape index (κ3) is 3.72. The zero-order valence-corrected chi connectivity index (χ0v) is 12.8. The molecule has 0 radical (unpaired) electrons. The number of carbonyl (C=O) groups is 1. The van der Waals surface area contributed by atoms with Crippen LogP contribution in [0.3, 0.4) is 0 Å². The normalized spacial score (nSPS) is 23.0. The van der Waals surface area contributed by atoms with Crippen LogP contribution in [-0.4, -0.2) is 27.9 Å². The van der Waals surface area contributed by atoms with Crippen molar-refractivity contribution in [3.05, 3.63) is 28.5 Å². The van der Waals surface area contributed by atoms with Gasteiger partial charge in [-0.3, -0.25) is 4.79 Å². The second kappa shape index (κ2) is 6.57. The Morgan fingerprint density at radius 3 is 3.17 bits per heavy atom. The number of nitrogens with zero attached hydrogens (tertiary/aromatic N) is 1. The highest BCUT2D eigenvalue weighted by Gasteiger charge is 2.25. The van der Waals surface area contributed by atoms with E-state index in [9.17, 15) is 4.79 Å². The summed E-state index contributed by atoms with van der Waals surface area (Å²) in [5.74, 6) is 1.16. The average Bonchev–Trinajstić information content (AvgIpc) is 2.77. The van der Waals surface area contributed by atoms with E-state index in [0.29, 0.717) is 21.5 Å². The Hall–Kier alpha value is -0.550. The topological polar surface area (TPSA) is 42.0 Å². The highest BCUT2D eigenvalue weighted by molar-refractivity contribution is 9.10. The van der Waals surface area contributed by atoms with Crippen LogP contribution < -0.4 is 5.32 Å². The number of hydrogen-bond donors (Lipinski definition) is 1. The van der Waals surface area contributed by atoms with Gasteiger partial charge >= 0.3 is 0 Å². The van der Waals surface area contributed by atoms with Gasteiger partial charge in [0, 0.05) is 23.1 Å². The molecule has 3 nitrogen and oxygen atoms in total. The van der Waals surface area contributed by atoms with Crippen LogP contribution in [-0.2, 0) is 0 Å². The predicted octanol–water partition coefficient (Wildman–Crippen LogP) is 3.25. The SMILES string of the molecule is CCSC1CCC(NC(=O)c2ccnc(Br)c2)C1. The third-order valence-corrected chi connectivity index (χ3v) is 4.78. The number of carbonyl (C=O) groups excluding carboxylic acids is 1. The van der Waals surface area contributed by atoms with E-state index >= 15 is 0 Å². The number of halogens is 1. The summed E-state index contributed by atoms with van der Waals surface area (Å²) in [6.07, 6.45) is 5.04. The van der Waals surface area contributed by atoms with Gasteiger partial charge < -0.3 is 5.32 Å². The minimum atomic E-state index is 0.00486. The molecule has 2 atom stereocenters. The largest absolute Gasteiger partial charge is 0.349 e. The summed E-state index contributed by atoms with van der Waals surface area (Å²) in [6.45, 7) is 2.19. The molecule has 1 saturated carbocycles. The Morgan fingerprint density at radius 2 is 2.44 bits per heavy atom. The Labute approximate surface area is 120 Å². The van der Waals surface area contributed by atoms with Crippen LogP contribution in [0.25, 0.3) is 0 Å². The first-order chi connectivity index (χ1) is 8.69. The molecule has 0 saturated heterocycles. The fourth-order valence-corrected chi connectivity index (χ4v) is 3.78. The van der Waals surface area contributed by atoms with E-state index in [0.717, 1.165) is 18.6 Å². The van der Waals surface area contributed by atoms with Crippen molar-refractivity contribution < 1.29 is 4.79 Å². The predicted molar refractivity (Wildman–Crippen MR) is 79.0 cm³/mol. The molecule has 98 valence electrons. The quantitative estimate of drug-likeness (QED) is 0.862. The van der Waals surface area contributed by atoms with Gasteiger partial charge in [0.1, 0.15) is 4.60 Å². The molecule has 1 heterocycles. The summed E-state index contributed by atoms with van der Waals surface area (Å²) in [4.78, 5) is 16.1. The van der Waals surface area contributed by atoms with E-state index in [2.05, 4.69) is 33.2 Å². The molecule has 0 aliphatic heterocycles. The number of aromatic nitrogens is 1. The van der Waals surface area contributed by atoms with Crippen LogP contribution in [0.15, 0.2) is 22.9 Å². The lowest BCUT2D eigenvalue weighted by atomic mass is 10.2. The molecular formula is C13H17BrN2OS. The second-order valence-electron chi connectivity index (χ2n) is 4.43. The van der Waals surface area contributed by atoms with E-state index in [4.69, 9.17) is 0 Å². The van der Waals surface area contributed by atoms with E-state index in [1.54, 1.807) is 18.3 Å². The van der Waals surface area contributed by atoms with E-state index in [-0.39, 0.29) is 5.91 Å². The lowest BCUT2D eigenvalue weighted by Crippen LogP contribution is -2.33. The molecule has 1 fully saturated rings. The van der Waals surface area contributed by atoms with Gasteiger partial charge in [0.05, 0.1) is 0 Å². The first-order valence-corrected chi connectivity index (χ1v) is 8.07. The number of rotatable bonds is 4. The third-order valence-electron chi connectivity index (χ3n) is 3.11. The molecule has 1 aromatic rings. The van der Waals surface area contributed by atoms with Crippen molar-refractivity contribution in [1.29, 1.82) is 0 Å². The fourth-order valence-electron chi connectivity index (χ4n) is 2.27. The van der Waals surface area contributed by atoms with Crippen LogP contribution in [0.2, 0.25) is 0 Å². The first kappa shape index (κ1) is 13.9. The monoisotopic (exact) mass is 328 g/mol. The van der Waals surface area contributed by atoms with Crippen LogP contribution in [0.4, 0.5) is 0 Å². The van der Waals surface area contributed by atoms with Crippen LogP contribution in [0.1, 0.15) is 36.5 Å². The minimum absolute atomic E-state index is 0.00486. The maximum absolute atomic E-state index is 12.1. The fraction of sp³-hybridized carbons (Fsp3) is 0.538. The standard InChI is InChI=1S/C13H17BrN2OS/c1-2-18-11-4-3-10(8-11)16-13(17)9-5-6-15-12(14)7-9/h5-7,10-11H,2-4,8H2,1H3,(H,16,17). The Bertz CT molecular complexity index is 427. The van der Waals surface area contributed by atoms with Gasteiger partial charge in [0.25, 0.3) is 5.91 Å². The van der Waals surface area contributed by atoms with Gasteiger partial charge in [-0.05, 0) is 53.1 Å². The average molecular weight is 329 g/mol. The molecule has 1 amide bonds. The molecule has 1 N–H and O–H groups in total. The van der Waals surface area contributed by atoms with Crippen LogP contribution >= 0.6 is 27.7 Å². The van der Waals surface area contributed by atoms with Gasteiger partial charge in [-0.2, -0.15) is 11.8 Å². The number of amides is 1. The van der Waals surface area contributed by atoms with Crippen molar-refractivity contribution in [3.63, 3.8) is 0 Å². The number of thioether (sulfide) groups is 1. The maximum atomic E-state index is 12.1. The second-order valence-corrected chi connectivity index (χ2v) is 6.82. The van der Waals surface area contributed by atoms with Crippen molar-refractivity contribution in [2.45, 2.75) is 37.5 Å². The molecule has 0 bridgehead atoms. The molecule has 2 rings (SSSR count). The van der Waals surface area contributed by atoms with Crippen molar-refractivity contribution >= 4 is 33.6 Å². The number of hydrogen-bond acceptors (Lipinski definition) is 3. The summed E-state index contributed by atoms with van der Waals surface area (Å²) in [6, 6.07) is 3.82. The molecule has 1 aromatic heterocycles. The van der Waals surface area contributed by atoms with Crippen LogP contribution in [0.5, 0.6) is 0 Å². The van der Waals surface area contributed by atoms with Gasteiger partial charge in [0.2, 0.25) is 0 Å². The van der Waals surface area contributed by atoms with Crippen molar-refractivity contribution in [1.82, 2.24) is 10.3 Å². The van der Waals surface area contributed by atoms with E-state index in [1.807, 2.05) is 11.8 Å². The minimum Gasteiger partial charge on any atom is -0.349 e. The van der Waals surface area contributed by atoms with Gasteiger partial charge in [-0.25, -0.2) is 4.98 Å². The summed E-state index contributed by atoms with van der Waals surface area (Å²) >= 11 is 5.28. The zero-order valence-electron chi connectivity index (χ0n) is 10.4. The summed E-state index contributed by atoms with van der Waals surface area (Å²) in [5.41, 5.74) is 0.670.